The minimum atomic E-state index is -0.318. The van der Waals surface area contributed by atoms with E-state index in [-0.39, 0.29) is 11.9 Å². The van der Waals surface area contributed by atoms with Gasteiger partial charge in [-0.2, -0.15) is 0 Å². The maximum Gasteiger partial charge on any atom is 0.306 e. The molecule has 0 saturated heterocycles. The minimum absolute atomic E-state index is 0.234. The lowest BCUT2D eigenvalue weighted by Gasteiger charge is -2.18. The highest BCUT2D eigenvalue weighted by molar-refractivity contribution is 5.73. The third-order valence-electron chi connectivity index (χ3n) is 1.98. The van der Waals surface area contributed by atoms with E-state index in [0.717, 1.165) is 6.54 Å². The molecule has 0 aliphatic heterocycles. The Hall–Kier alpha value is -1.10. The topological polar surface area (TPSA) is 72.6 Å². The van der Waals surface area contributed by atoms with Crippen LogP contribution < -0.4 is 5.73 Å². The summed E-state index contributed by atoms with van der Waals surface area (Å²) >= 11 is 0. The zero-order valence-corrected chi connectivity index (χ0v) is 8.78. The molecule has 5 heteroatoms. The molecule has 0 rings (SSSR count). The number of nitrogens with two attached hydrogens (primary N) is 1. The predicted molar refractivity (Wildman–Crippen MR) is 52.6 cm³/mol. The van der Waals surface area contributed by atoms with Crippen molar-refractivity contribution in [3.05, 3.63) is 0 Å². The number of nitrogens with zero attached hydrogens (tertiary/aromatic N) is 1. The molecule has 14 heavy (non-hydrogen) atoms. The number of methoxy groups -OCH3 is 1. The quantitative estimate of drug-likeness (QED) is 0.578. The first-order chi connectivity index (χ1) is 6.60. The molecule has 0 aromatic rings. The van der Waals surface area contributed by atoms with Crippen molar-refractivity contribution in [2.75, 3.05) is 26.7 Å². The highest BCUT2D eigenvalue weighted by Crippen LogP contribution is 1.94. The maximum atomic E-state index is 10.8. The molecule has 0 bridgehead atoms. The molecule has 0 heterocycles. The van der Waals surface area contributed by atoms with Crippen LogP contribution in [0.15, 0.2) is 0 Å². The molecule has 0 aliphatic carbocycles. The third-order valence-corrected chi connectivity index (χ3v) is 1.98. The summed E-state index contributed by atoms with van der Waals surface area (Å²) < 4.78 is 4.51. The average molecular weight is 202 g/mol. The van der Waals surface area contributed by atoms with Gasteiger partial charge in [-0.05, 0) is 6.54 Å². The van der Waals surface area contributed by atoms with E-state index >= 15 is 0 Å². The van der Waals surface area contributed by atoms with Gasteiger partial charge in [-0.25, -0.2) is 0 Å². The van der Waals surface area contributed by atoms with E-state index in [2.05, 4.69) is 4.74 Å². The molecule has 0 aromatic carbocycles. The number of primary amides is 1. The number of carbonyl (C=O) groups is 2. The van der Waals surface area contributed by atoms with Gasteiger partial charge < -0.3 is 15.4 Å². The summed E-state index contributed by atoms with van der Waals surface area (Å²) in [6, 6.07) is 0. The Balaban J connectivity index is 3.68. The Morgan fingerprint density at radius 3 is 2.29 bits per heavy atom. The molecule has 0 saturated carbocycles. The molecular formula is C9H18N2O3. The molecule has 2 N–H and O–H groups in total. The van der Waals surface area contributed by atoms with Gasteiger partial charge >= 0.3 is 5.97 Å². The normalized spacial score (nSPS) is 10.2. The first-order valence-electron chi connectivity index (χ1n) is 4.67. The molecule has 0 radical (unpaired) electrons. The van der Waals surface area contributed by atoms with Crippen LogP contribution in [0.2, 0.25) is 0 Å². The Morgan fingerprint density at radius 1 is 1.29 bits per heavy atom. The van der Waals surface area contributed by atoms with E-state index in [1.165, 1.54) is 7.11 Å². The Labute approximate surface area is 84.2 Å². The lowest BCUT2D eigenvalue weighted by molar-refractivity contribution is -0.140. The first kappa shape index (κ1) is 12.9. The molecule has 0 unspecified atom stereocenters. The number of esters is 1. The summed E-state index contributed by atoms with van der Waals surface area (Å²) in [6.45, 7) is 3.97. The molecule has 1 amide bonds. The molecule has 0 aliphatic rings. The third kappa shape index (κ3) is 6.42. The summed E-state index contributed by atoms with van der Waals surface area (Å²) in [7, 11) is 1.36. The maximum absolute atomic E-state index is 10.8. The number of ether oxygens (including phenoxy) is 1. The summed E-state index contributed by atoms with van der Waals surface area (Å²) in [5, 5.41) is 0. The first-order valence-corrected chi connectivity index (χ1v) is 4.67. The zero-order chi connectivity index (χ0) is 11.0. The molecule has 0 fully saturated rings. The lowest BCUT2D eigenvalue weighted by Crippen LogP contribution is -2.30. The fraction of sp³-hybridized carbons (Fsp3) is 0.778. The van der Waals surface area contributed by atoms with Gasteiger partial charge in [-0.15, -0.1) is 0 Å². The molecule has 0 spiro atoms. The van der Waals surface area contributed by atoms with Crippen molar-refractivity contribution >= 4 is 11.9 Å². The minimum Gasteiger partial charge on any atom is -0.469 e. The summed E-state index contributed by atoms with van der Waals surface area (Å²) in [5.41, 5.74) is 5.02. The molecule has 5 nitrogen and oxygen atoms in total. The van der Waals surface area contributed by atoms with E-state index in [9.17, 15) is 9.59 Å². The number of carbonyl (C=O) groups excluding carboxylic acids is 2. The van der Waals surface area contributed by atoms with E-state index in [0.29, 0.717) is 25.9 Å². The van der Waals surface area contributed by atoms with Crippen LogP contribution in [-0.4, -0.2) is 43.5 Å². The van der Waals surface area contributed by atoms with Crippen molar-refractivity contribution in [1.29, 1.82) is 0 Å². The Morgan fingerprint density at radius 2 is 1.86 bits per heavy atom. The van der Waals surface area contributed by atoms with Crippen molar-refractivity contribution in [2.45, 2.75) is 19.8 Å². The second kappa shape index (κ2) is 7.32. The smallest absolute Gasteiger partial charge is 0.306 e. The van der Waals surface area contributed by atoms with Crippen LogP contribution in [-0.2, 0) is 14.3 Å². The fourth-order valence-corrected chi connectivity index (χ4v) is 1.05. The van der Waals surface area contributed by atoms with Gasteiger partial charge in [0.1, 0.15) is 0 Å². The highest BCUT2D eigenvalue weighted by Gasteiger charge is 2.07. The van der Waals surface area contributed by atoms with Gasteiger partial charge in [0.2, 0.25) is 5.91 Å². The van der Waals surface area contributed by atoms with Gasteiger partial charge in [0.05, 0.1) is 13.5 Å². The van der Waals surface area contributed by atoms with Crippen molar-refractivity contribution in [3.8, 4) is 0 Å². The lowest BCUT2D eigenvalue weighted by atomic mass is 10.3. The van der Waals surface area contributed by atoms with Gasteiger partial charge in [0.25, 0.3) is 0 Å². The number of hydrogen-bond donors (Lipinski definition) is 1. The van der Waals surface area contributed by atoms with Crippen molar-refractivity contribution < 1.29 is 14.3 Å². The van der Waals surface area contributed by atoms with Crippen LogP contribution >= 0.6 is 0 Å². The Bertz CT molecular complexity index is 194. The molecule has 0 atom stereocenters. The van der Waals surface area contributed by atoms with Crippen LogP contribution in [0.25, 0.3) is 0 Å². The predicted octanol–water partition coefficient (Wildman–Crippen LogP) is -0.253. The average Bonchev–Trinajstić information content (AvgIpc) is 2.17. The number of amides is 1. The monoisotopic (exact) mass is 202 g/mol. The second-order valence-electron chi connectivity index (χ2n) is 2.98. The molecule has 82 valence electrons. The van der Waals surface area contributed by atoms with Gasteiger partial charge in [-0.3, -0.25) is 9.59 Å². The summed E-state index contributed by atoms with van der Waals surface area (Å²) in [5.74, 6) is -0.552. The van der Waals surface area contributed by atoms with Crippen LogP contribution in [0.1, 0.15) is 19.8 Å². The van der Waals surface area contributed by atoms with Crippen molar-refractivity contribution in [3.63, 3.8) is 0 Å². The largest absolute Gasteiger partial charge is 0.469 e. The van der Waals surface area contributed by atoms with Gasteiger partial charge in [-0.1, -0.05) is 6.92 Å². The van der Waals surface area contributed by atoms with Gasteiger partial charge in [0.15, 0.2) is 0 Å². The van der Waals surface area contributed by atoms with E-state index in [4.69, 9.17) is 5.73 Å². The molecule has 0 aromatic heterocycles. The summed E-state index contributed by atoms with van der Waals surface area (Å²) in [6.07, 6.45) is 0.679. The summed E-state index contributed by atoms with van der Waals surface area (Å²) in [4.78, 5) is 23.3. The van der Waals surface area contributed by atoms with Crippen LogP contribution in [0, 0.1) is 0 Å². The van der Waals surface area contributed by atoms with Crippen LogP contribution in [0.3, 0.4) is 0 Å². The van der Waals surface area contributed by atoms with E-state index in [1.807, 2.05) is 11.8 Å². The van der Waals surface area contributed by atoms with Crippen molar-refractivity contribution in [2.24, 2.45) is 5.73 Å². The van der Waals surface area contributed by atoms with Gasteiger partial charge in [0, 0.05) is 19.5 Å². The number of rotatable bonds is 7. The van der Waals surface area contributed by atoms with Crippen LogP contribution in [0.5, 0.6) is 0 Å². The standard InChI is InChI=1S/C9H18N2O3/c1-3-11(6-4-8(10)12)7-5-9(13)14-2/h3-7H2,1-2H3,(H2,10,12). The number of hydrogen-bond acceptors (Lipinski definition) is 4. The second-order valence-corrected chi connectivity index (χ2v) is 2.98. The Kier molecular flexibility index (Phi) is 6.74. The molecular weight excluding hydrogens is 184 g/mol. The SMILES string of the molecule is CCN(CCC(N)=O)CCC(=O)OC. The fourth-order valence-electron chi connectivity index (χ4n) is 1.05. The van der Waals surface area contributed by atoms with E-state index < -0.39 is 0 Å². The zero-order valence-electron chi connectivity index (χ0n) is 8.78. The van der Waals surface area contributed by atoms with E-state index in [1.54, 1.807) is 0 Å². The van der Waals surface area contributed by atoms with Crippen molar-refractivity contribution in [1.82, 2.24) is 4.90 Å². The van der Waals surface area contributed by atoms with Crippen LogP contribution in [0.4, 0.5) is 0 Å². The highest BCUT2D eigenvalue weighted by atomic mass is 16.5.